The second kappa shape index (κ2) is 3.49. The van der Waals surface area contributed by atoms with E-state index in [4.69, 9.17) is 5.26 Å². The second-order valence-electron chi connectivity index (χ2n) is 2.80. The summed E-state index contributed by atoms with van der Waals surface area (Å²) < 4.78 is 0. The van der Waals surface area contributed by atoms with Crippen molar-refractivity contribution in [2.45, 2.75) is 32.8 Å². The number of Topliss-reactive ketones (excluding diaryl/α,β-unsaturated/α-hetero) is 1. The van der Waals surface area contributed by atoms with Crippen molar-refractivity contribution in [2.75, 3.05) is 0 Å². The monoisotopic (exact) mass is 155 g/mol. The smallest absolute Gasteiger partial charge is 0.157 e. The normalized spacial score (nSPS) is 18.1. The van der Waals surface area contributed by atoms with Crippen LogP contribution in [0, 0.1) is 17.2 Å². The molecule has 0 aromatic carbocycles. The van der Waals surface area contributed by atoms with Crippen LogP contribution in [0.1, 0.15) is 27.2 Å². The number of hydrogen-bond donors (Lipinski definition) is 1. The maximum atomic E-state index is 11.0. The van der Waals surface area contributed by atoms with Gasteiger partial charge in [0.15, 0.2) is 5.60 Å². The Balaban J connectivity index is 4.38. The molecule has 0 aliphatic heterocycles. The molecule has 0 fully saturated rings. The lowest BCUT2D eigenvalue weighted by Gasteiger charge is -2.20. The van der Waals surface area contributed by atoms with Gasteiger partial charge in [0.1, 0.15) is 5.78 Å². The van der Waals surface area contributed by atoms with Crippen molar-refractivity contribution in [3.8, 4) is 6.07 Å². The molecule has 0 aromatic rings. The van der Waals surface area contributed by atoms with Crippen molar-refractivity contribution in [2.24, 2.45) is 5.92 Å². The number of ketones is 1. The van der Waals surface area contributed by atoms with E-state index in [1.807, 2.05) is 0 Å². The van der Waals surface area contributed by atoms with Gasteiger partial charge in [-0.05, 0) is 6.92 Å². The number of nitrogens with zero attached hydrogens (tertiary/aromatic N) is 1. The van der Waals surface area contributed by atoms with Crippen molar-refractivity contribution in [3.05, 3.63) is 0 Å². The molecule has 0 aliphatic rings. The Hall–Kier alpha value is -0.880. The number of rotatable bonds is 3. The van der Waals surface area contributed by atoms with Crippen LogP contribution in [0.3, 0.4) is 0 Å². The quantitative estimate of drug-likeness (QED) is 0.615. The molecule has 0 saturated heterocycles. The Morgan fingerprint density at radius 2 is 2.27 bits per heavy atom. The molecule has 0 spiro atoms. The molecule has 0 rings (SSSR count). The van der Waals surface area contributed by atoms with E-state index in [0.717, 1.165) is 0 Å². The maximum absolute atomic E-state index is 11.0. The maximum Gasteiger partial charge on any atom is 0.157 e. The van der Waals surface area contributed by atoms with Gasteiger partial charge in [-0.2, -0.15) is 5.26 Å². The van der Waals surface area contributed by atoms with Gasteiger partial charge in [-0.15, -0.1) is 0 Å². The van der Waals surface area contributed by atoms with Crippen molar-refractivity contribution in [1.29, 1.82) is 5.26 Å². The molecule has 0 radical (unpaired) electrons. The zero-order chi connectivity index (χ0) is 9.07. The first-order valence-electron chi connectivity index (χ1n) is 3.62. The molecule has 2 atom stereocenters. The van der Waals surface area contributed by atoms with Gasteiger partial charge in [-0.25, -0.2) is 0 Å². The minimum Gasteiger partial charge on any atom is -0.375 e. The average molecular weight is 155 g/mol. The summed E-state index contributed by atoms with van der Waals surface area (Å²) in [6.07, 6.45) is 0.360. The fourth-order valence-corrected chi connectivity index (χ4v) is 0.716. The largest absolute Gasteiger partial charge is 0.375 e. The van der Waals surface area contributed by atoms with Gasteiger partial charge in [0.05, 0.1) is 12.0 Å². The van der Waals surface area contributed by atoms with Crippen LogP contribution in [0.2, 0.25) is 0 Å². The molecule has 11 heavy (non-hydrogen) atoms. The van der Waals surface area contributed by atoms with E-state index in [2.05, 4.69) is 0 Å². The molecule has 0 aliphatic carbocycles. The number of carbonyl (C=O) groups excluding carboxylic acids is 1. The number of hydrogen-bond acceptors (Lipinski definition) is 3. The number of carbonyl (C=O) groups is 1. The molecule has 3 nitrogen and oxygen atoms in total. The SMILES string of the molecule is CCC(=O)[C@H](C)[C@](C)(O)C#N. The highest BCUT2D eigenvalue weighted by atomic mass is 16.3. The topological polar surface area (TPSA) is 61.1 Å². The fraction of sp³-hybridized carbons (Fsp3) is 0.750. The van der Waals surface area contributed by atoms with E-state index in [9.17, 15) is 9.90 Å². The lowest BCUT2D eigenvalue weighted by molar-refractivity contribution is -0.127. The van der Waals surface area contributed by atoms with Crippen LogP contribution in [0.15, 0.2) is 0 Å². The van der Waals surface area contributed by atoms with Crippen molar-refractivity contribution in [1.82, 2.24) is 0 Å². The Bertz CT molecular complexity index is 191. The van der Waals surface area contributed by atoms with Gasteiger partial charge >= 0.3 is 0 Å². The summed E-state index contributed by atoms with van der Waals surface area (Å²) in [4.78, 5) is 11.0. The Morgan fingerprint density at radius 3 is 2.55 bits per heavy atom. The van der Waals surface area contributed by atoms with Gasteiger partial charge in [0, 0.05) is 6.42 Å². The Morgan fingerprint density at radius 1 is 1.82 bits per heavy atom. The van der Waals surface area contributed by atoms with Crippen LogP contribution in [0.25, 0.3) is 0 Å². The van der Waals surface area contributed by atoms with Crippen LogP contribution in [0.5, 0.6) is 0 Å². The van der Waals surface area contributed by atoms with E-state index in [1.54, 1.807) is 19.9 Å². The summed E-state index contributed by atoms with van der Waals surface area (Å²) in [7, 11) is 0. The van der Waals surface area contributed by atoms with Crippen molar-refractivity contribution >= 4 is 5.78 Å². The van der Waals surface area contributed by atoms with E-state index in [0.29, 0.717) is 6.42 Å². The highest BCUT2D eigenvalue weighted by Crippen LogP contribution is 2.17. The summed E-state index contributed by atoms with van der Waals surface area (Å²) in [5.74, 6) is -0.686. The predicted octanol–water partition coefficient (Wildman–Crippen LogP) is 0.876. The van der Waals surface area contributed by atoms with E-state index in [1.165, 1.54) is 6.92 Å². The first kappa shape index (κ1) is 10.1. The first-order chi connectivity index (χ1) is 4.95. The summed E-state index contributed by atoms with van der Waals surface area (Å²) in [5.41, 5.74) is -1.52. The molecule has 0 bridgehead atoms. The van der Waals surface area contributed by atoms with E-state index < -0.39 is 11.5 Å². The third kappa shape index (κ3) is 2.32. The van der Waals surface area contributed by atoms with Crippen LogP contribution < -0.4 is 0 Å². The highest BCUT2D eigenvalue weighted by molar-refractivity contribution is 5.81. The van der Waals surface area contributed by atoms with Gasteiger partial charge in [-0.1, -0.05) is 13.8 Å². The fourth-order valence-electron chi connectivity index (χ4n) is 0.716. The molecule has 1 N–H and O–H groups in total. The van der Waals surface area contributed by atoms with Gasteiger partial charge < -0.3 is 5.11 Å². The average Bonchev–Trinajstić information content (AvgIpc) is 2.01. The summed E-state index contributed by atoms with van der Waals surface area (Å²) >= 11 is 0. The molecule has 0 amide bonds. The summed E-state index contributed by atoms with van der Waals surface area (Å²) in [6, 6.07) is 1.69. The molecule has 3 heteroatoms. The van der Waals surface area contributed by atoms with E-state index >= 15 is 0 Å². The zero-order valence-corrected chi connectivity index (χ0v) is 7.09. The van der Waals surface area contributed by atoms with Crippen molar-refractivity contribution < 1.29 is 9.90 Å². The van der Waals surface area contributed by atoms with Crippen LogP contribution in [-0.4, -0.2) is 16.5 Å². The third-order valence-corrected chi connectivity index (χ3v) is 1.90. The lowest BCUT2D eigenvalue weighted by Crippen LogP contribution is -2.35. The lowest BCUT2D eigenvalue weighted by atomic mass is 9.88. The second-order valence-corrected chi connectivity index (χ2v) is 2.80. The number of aliphatic hydroxyl groups is 1. The molecular weight excluding hydrogens is 142 g/mol. The Kier molecular flexibility index (Phi) is 3.21. The third-order valence-electron chi connectivity index (χ3n) is 1.90. The molecular formula is C8H13NO2. The zero-order valence-electron chi connectivity index (χ0n) is 7.09. The standard InChI is InChI=1S/C8H13NO2/c1-4-7(10)6(2)8(3,11)5-9/h6,11H,4H2,1-3H3/t6-,8+/m0/s1. The molecule has 0 saturated carbocycles. The van der Waals surface area contributed by atoms with Gasteiger partial charge in [-0.3, -0.25) is 4.79 Å². The summed E-state index contributed by atoms with van der Waals surface area (Å²) in [6.45, 7) is 4.63. The van der Waals surface area contributed by atoms with Crippen molar-refractivity contribution in [3.63, 3.8) is 0 Å². The minimum atomic E-state index is -1.52. The highest BCUT2D eigenvalue weighted by Gasteiger charge is 2.32. The minimum absolute atomic E-state index is 0.0865. The van der Waals surface area contributed by atoms with E-state index in [-0.39, 0.29) is 5.78 Å². The molecule has 62 valence electrons. The predicted molar refractivity (Wildman–Crippen MR) is 40.7 cm³/mol. The summed E-state index contributed by atoms with van der Waals surface area (Å²) in [5, 5.41) is 17.8. The van der Waals surface area contributed by atoms with Gasteiger partial charge in [0.25, 0.3) is 0 Å². The number of nitriles is 1. The van der Waals surface area contributed by atoms with Crippen LogP contribution >= 0.6 is 0 Å². The van der Waals surface area contributed by atoms with Crippen LogP contribution in [0.4, 0.5) is 0 Å². The molecule has 0 unspecified atom stereocenters. The first-order valence-corrected chi connectivity index (χ1v) is 3.62. The molecule has 0 aromatic heterocycles. The molecule has 0 heterocycles. The van der Waals surface area contributed by atoms with Gasteiger partial charge in [0.2, 0.25) is 0 Å². The van der Waals surface area contributed by atoms with Crippen LogP contribution in [-0.2, 0) is 4.79 Å². The Labute approximate surface area is 66.6 Å².